The van der Waals surface area contributed by atoms with Crippen molar-refractivity contribution >= 4 is 23.9 Å². The highest BCUT2D eigenvalue weighted by atomic mass is 16.4. The maximum atomic E-state index is 12.3. The van der Waals surface area contributed by atoms with Crippen LogP contribution >= 0.6 is 0 Å². The standard InChI is InChI=1S/C18H26O8/c19-13(20)11-3-1-7-17(15(23)24,8-2-4-11)18(16(25)26)9-5-12(6-10-18)14(21)22/h11-12H,1-10H2,(H,19,20)(H,21,22)(H,23,24)(H,25,26). The van der Waals surface area contributed by atoms with Crippen LogP contribution in [0.15, 0.2) is 0 Å². The summed E-state index contributed by atoms with van der Waals surface area (Å²) in [6, 6.07) is 0. The van der Waals surface area contributed by atoms with Crippen LogP contribution < -0.4 is 0 Å². The number of hydrogen-bond donors (Lipinski definition) is 4. The molecule has 26 heavy (non-hydrogen) atoms. The smallest absolute Gasteiger partial charge is 0.310 e. The third-order valence-electron chi connectivity index (χ3n) is 6.58. The summed E-state index contributed by atoms with van der Waals surface area (Å²) in [5.74, 6) is -5.39. The van der Waals surface area contributed by atoms with E-state index in [1.807, 2.05) is 0 Å². The zero-order valence-electron chi connectivity index (χ0n) is 14.6. The lowest BCUT2D eigenvalue weighted by Crippen LogP contribution is -2.55. The molecule has 2 saturated carbocycles. The fourth-order valence-corrected chi connectivity index (χ4v) is 4.97. The highest BCUT2D eigenvalue weighted by molar-refractivity contribution is 5.87. The molecule has 0 aromatic rings. The van der Waals surface area contributed by atoms with Gasteiger partial charge in [-0.1, -0.05) is 12.8 Å². The lowest BCUT2D eigenvalue weighted by Gasteiger charge is -2.49. The van der Waals surface area contributed by atoms with Crippen molar-refractivity contribution in [3.05, 3.63) is 0 Å². The first-order valence-corrected chi connectivity index (χ1v) is 9.09. The molecule has 2 fully saturated rings. The molecule has 0 bridgehead atoms. The molecule has 0 atom stereocenters. The van der Waals surface area contributed by atoms with E-state index in [0.717, 1.165) is 0 Å². The van der Waals surface area contributed by atoms with Crippen molar-refractivity contribution in [1.82, 2.24) is 0 Å². The fourth-order valence-electron chi connectivity index (χ4n) is 4.97. The van der Waals surface area contributed by atoms with Gasteiger partial charge in [0.05, 0.1) is 22.7 Å². The van der Waals surface area contributed by atoms with Crippen LogP contribution in [-0.2, 0) is 19.2 Å². The topological polar surface area (TPSA) is 149 Å². The summed E-state index contributed by atoms with van der Waals surface area (Å²) in [6.07, 6.45) is 1.88. The van der Waals surface area contributed by atoms with Crippen LogP contribution in [0.2, 0.25) is 0 Å². The van der Waals surface area contributed by atoms with Crippen LogP contribution in [0.4, 0.5) is 0 Å². The Morgan fingerprint density at radius 1 is 0.577 bits per heavy atom. The molecule has 8 nitrogen and oxygen atoms in total. The van der Waals surface area contributed by atoms with E-state index in [9.17, 15) is 39.6 Å². The Kier molecular flexibility index (Phi) is 5.93. The van der Waals surface area contributed by atoms with Crippen molar-refractivity contribution < 1.29 is 39.6 Å². The van der Waals surface area contributed by atoms with E-state index in [1.54, 1.807) is 0 Å². The first-order chi connectivity index (χ1) is 12.2. The van der Waals surface area contributed by atoms with Gasteiger partial charge in [0, 0.05) is 0 Å². The van der Waals surface area contributed by atoms with Gasteiger partial charge in [-0.15, -0.1) is 0 Å². The van der Waals surface area contributed by atoms with Gasteiger partial charge in [-0.2, -0.15) is 0 Å². The number of rotatable bonds is 5. The van der Waals surface area contributed by atoms with Crippen LogP contribution in [0.1, 0.15) is 64.2 Å². The summed E-state index contributed by atoms with van der Waals surface area (Å²) < 4.78 is 0. The zero-order chi connectivity index (χ0) is 19.5. The fraction of sp³-hybridized carbons (Fsp3) is 0.778. The largest absolute Gasteiger partial charge is 0.481 e. The van der Waals surface area contributed by atoms with Gasteiger partial charge in [0.25, 0.3) is 0 Å². The minimum Gasteiger partial charge on any atom is -0.481 e. The Morgan fingerprint density at radius 2 is 0.923 bits per heavy atom. The monoisotopic (exact) mass is 370 g/mol. The molecule has 0 aliphatic heterocycles. The van der Waals surface area contributed by atoms with Crippen LogP contribution in [-0.4, -0.2) is 44.3 Å². The Morgan fingerprint density at radius 3 is 1.27 bits per heavy atom. The molecule has 4 N–H and O–H groups in total. The van der Waals surface area contributed by atoms with Gasteiger partial charge in [0.15, 0.2) is 0 Å². The maximum absolute atomic E-state index is 12.3. The quantitative estimate of drug-likeness (QED) is 0.576. The predicted molar refractivity (Wildman–Crippen MR) is 88.6 cm³/mol. The van der Waals surface area contributed by atoms with Gasteiger partial charge in [-0.3, -0.25) is 19.2 Å². The van der Waals surface area contributed by atoms with E-state index in [-0.39, 0.29) is 38.5 Å². The van der Waals surface area contributed by atoms with Crippen molar-refractivity contribution in [2.45, 2.75) is 64.2 Å². The number of aliphatic carboxylic acids is 4. The highest BCUT2D eigenvalue weighted by Gasteiger charge is 2.61. The second-order valence-electron chi connectivity index (χ2n) is 7.71. The van der Waals surface area contributed by atoms with Crippen molar-refractivity contribution in [3.63, 3.8) is 0 Å². The Labute approximate surface area is 151 Å². The average molecular weight is 370 g/mol. The summed E-state index contributed by atoms with van der Waals surface area (Å²) in [6.45, 7) is 0. The minimum absolute atomic E-state index is 0.0218. The second-order valence-corrected chi connectivity index (χ2v) is 7.71. The van der Waals surface area contributed by atoms with Gasteiger partial charge < -0.3 is 20.4 Å². The lowest BCUT2D eigenvalue weighted by atomic mass is 9.52. The molecule has 146 valence electrons. The molecule has 2 rings (SSSR count). The third kappa shape index (κ3) is 3.41. The predicted octanol–water partition coefficient (Wildman–Crippen LogP) is 2.46. The van der Waals surface area contributed by atoms with E-state index in [2.05, 4.69) is 0 Å². The normalized spacial score (nSPS) is 35.7. The van der Waals surface area contributed by atoms with E-state index in [0.29, 0.717) is 25.7 Å². The first-order valence-electron chi connectivity index (χ1n) is 9.09. The van der Waals surface area contributed by atoms with Crippen molar-refractivity contribution in [1.29, 1.82) is 0 Å². The first kappa shape index (κ1) is 20.2. The van der Waals surface area contributed by atoms with Gasteiger partial charge >= 0.3 is 23.9 Å². The van der Waals surface area contributed by atoms with Crippen LogP contribution in [0.3, 0.4) is 0 Å². The molecule has 0 aromatic carbocycles. The minimum atomic E-state index is -1.50. The number of carboxylic acid groups (broad SMARTS) is 4. The molecular weight excluding hydrogens is 344 g/mol. The SMILES string of the molecule is O=C(O)C1CCCC(C(=O)O)(C2(C(=O)O)CCC(C(=O)O)CC2)CCC1. The molecule has 8 heteroatoms. The molecule has 0 radical (unpaired) electrons. The van der Waals surface area contributed by atoms with E-state index in [4.69, 9.17) is 0 Å². The molecule has 0 aromatic heterocycles. The summed E-state index contributed by atoms with van der Waals surface area (Å²) in [4.78, 5) is 46.9. The Hall–Kier alpha value is -2.12. The van der Waals surface area contributed by atoms with Crippen LogP contribution in [0.5, 0.6) is 0 Å². The van der Waals surface area contributed by atoms with Crippen LogP contribution in [0.25, 0.3) is 0 Å². The lowest BCUT2D eigenvalue weighted by molar-refractivity contribution is -0.183. The maximum Gasteiger partial charge on any atom is 0.310 e. The number of carboxylic acids is 4. The van der Waals surface area contributed by atoms with E-state index >= 15 is 0 Å². The number of hydrogen-bond acceptors (Lipinski definition) is 4. The zero-order valence-corrected chi connectivity index (χ0v) is 14.6. The number of carbonyl (C=O) groups is 4. The summed E-state index contributed by atoms with van der Waals surface area (Å²) >= 11 is 0. The molecule has 0 spiro atoms. The molecule has 0 amide bonds. The van der Waals surface area contributed by atoms with E-state index < -0.39 is 46.5 Å². The van der Waals surface area contributed by atoms with Crippen molar-refractivity contribution in [3.8, 4) is 0 Å². The van der Waals surface area contributed by atoms with Gasteiger partial charge in [-0.25, -0.2) is 0 Å². The highest BCUT2D eigenvalue weighted by Crippen LogP contribution is 2.57. The molecule has 0 unspecified atom stereocenters. The van der Waals surface area contributed by atoms with E-state index in [1.165, 1.54) is 0 Å². The van der Waals surface area contributed by atoms with Crippen LogP contribution in [0, 0.1) is 22.7 Å². The molecule has 0 saturated heterocycles. The van der Waals surface area contributed by atoms with Crippen molar-refractivity contribution in [2.24, 2.45) is 22.7 Å². The van der Waals surface area contributed by atoms with Gasteiger partial charge in [0.2, 0.25) is 0 Å². The average Bonchev–Trinajstić information content (AvgIpc) is 2.54. The molecular formula is C18H26O8. The summed E-state index contributed by atoms with van der Waals surface area (Å²) in [5.41, 5.74) is -2.98. The second kappa shape index (κ2) is 7.63. The molecule has 2 aliphatic carbocycles. The van der Waals surface area contributed by atoms with Gasteiger partial charge in [0.1, 0.15) is 0 Å². The summed E-state index contributed by atoms with van der Waals surface area (Å²) in [7, 11) is 0. The molecule has 2 aliphatic rings. The van der Waals surface area contributed by atoms with Crippen molar-refractivity contribution in [2.75, 3.05) is 0 Å². The van der Waals surface area contributed by atoms with Gasteiger partial charge in [-0.05, 0) is 51.4 Å². The third-order valence-corrected chi connectivity index (χ3v) is 6.58. The Balaban J connectivity index is 2.33. The summed E-state index contributed by atoms with van der Waals surface area (Å²) in [5, 5.41) is 38.4. The Bertz CT molecular complexity index is 578. The molecule has 0 heterocycles.